The zero-order valence-electron chi connectivity index (χ0n) is 11.3. The Kier molecular flexibility index (Phi) is 5.15. The fourth-order valence-electron chi connectivity index (χ4n) is 2.12. The van der Waals surface area contributed by atoms with Crippen LogP contribution in [0.3, 0.4) is 0 Å². The van der Waals surface area contributed by atoms with Crippen molar-refractivity contribution in [3.05, 3.63) is 5.28 Å². The zero-order chi connectivity index (χ0) is 13.7. The molecule has 6 nitrogen and oxygen atoms in total. The number of hydrogen-bond acceptors (Lipinski definition) is 6. The lowest BCUT2D eigenvalue weighted by molar-refractivity contribution is 0.0457. The monoisotopic (exact) mass is 286 g/mol. The van der Waals surface area contributed by atoms with Gasteiger partial charge in [0.2, 0.25) is 11.2 Å². The van der Waals surface area contributed by atoms with E-state index in [9.17, 15) is 0 Å². The average Bonchev–Trinajstić information content (AvgIpc) is 2.40. The predicted octanol–water partition coefficient (Wildman–Crippen LogP) is 1.93. The van der Waals surface area contributed by atoms with Gasteiger partial charge >= 0.3 is 6.01 Å². The number of ether oxygens (including phenoxy) is 2. The Labute approximate surface area is 118 Å². The molecule has 0 N–H and O–H groups in total. The summed E-state index contributed by atoms with van der Waals surface area (Å²) in [7, 11) is 0. The Bertz CT molecular complexity index is 411. The van der Waals surface area contributed by atoms with E-state index in [-0.39, 0.29) is 11.3 Å². The van der Waals surface area contributed by atoms with Crippen LogP contribution in [0.15, 0.2) is 0 Å². The number of hydrogen-bond donors (Lipinski definition) is 0. The molecule has 0 atom stereocenters. The van der Waals surface area contributed by atoms with Gasteiger partial charge in [-0.15, -0.1) is 0 Å². The smallest absolute Gasteiger partial charge is 0.322 e. The van der Waals surface area contributed by atoms with E-state index in [2.05, 4.69) is 19.9 Å². The van der Waals surface area contributed by atoms with Crippen LogP contribution in [0.1, 0.15) is 26.7 Å². The number of anilines is 1. The Morgan fingerprint density at radius 3 is 2.53 bits per heavy atom. The van der Waals surface area contributed by atoms with Crippen molar-refractivity contribution < 1.29 is 9.47 Å². The number of piperidine rings is 1. The van der Waals surface area contributed by atoms with Gasteiger partial charge in [-0.3, -0.25) is 0 Å². The quantitative estimate of drug-likeness (QED) is 0.824. The van der Waals surface area contributed by atoms with E-state index in [1.54, 1.807) is 0 Å². The summed E-state index contributed by atoms with van der Waals surface area (Å²) in [6.07, 6.45) is 2.28. The molecular formula is C12H19ClN4O2. The molecule has 0 spiro atoms. The second kappa shape index (κ2) is 6.86. The number of halogens is 1. The third kappa shape index (κ3) is 3.91. The Morgan fingerprint density at radius 2 is 1.89 bits per heavy atom. The minimum atomic E-state index is 0.167. The van der Waals surface area contributed by atoms with Crippen LogP contribution in [0.2, 0.25) is 5.28 Å². The highest BCUT2D eigenvalue weighted by Gasteiger charge is 2.22. The molecule has 0 saturated carbocycles. The van der Waals surface area contributed by atoms with Crippen LogP contribution in [0, 0.1) is 0 Å². The first kappa shape index (κ1) is 14.3. The van der Waals surface area contributed by atoms with Gasteiger partial charge in [0, 0.05) is 19.7 Å². The van der Waals surface area contributed by atoms with Crippen molar-refractivity contribution in [2.75, 3.05) is 31.2 Å². The molecule has 1 aliphatic heterocycles. The maximum atomic E-state index is 5.89. The molecular weight excluding hydrogens is 268 g/mol. The Hall–Kier alpha value is -1.14. The van der Waals surface area contributed by atoms with Gasteiger partial charge in [-0.25, -0.2) is 0 Å². The maximum absolute atomic E-state index is 5.89. The summed E-state index contributed by atoms with van der Waals surface area (Å²) >= 11 is 5.89. The van der Waals surface area contributed by atoms with Gasteiger partial charge in [-0.2, -0.15) is 15.0 Å². The molecule has 0 aromatic carbocycles. The number of nitrogens with zero attached hydrogens (tertiary/aromatic N) is 4. The summed E-state index contributed by atoms with van der Waals surface area (Å²) < 4.78 is 10.9. The van der Waals surface area contributed by atoms with Crippen LogP contribution in [-0.4, -0.2) is 47.4 Å². The van der Waals surface area contributed by atoms with Crippen molar-refractivity contribution in [3.8, 4) is 6.01 Å². The highest BCUT2D eigenvalue weighted by atomic mass is 35.5. The van der Waals surface area contributed by atoms with Gasteiger partial charge in [0.15, 0.2) is 0 Å². The first-order chi connectivity index (χ1) is 9.22. The van der Waals surface area contributed by atoms with E-state index >= 15 is 0 Å². The van der Waals surface area contributed by atoms with Gasteiger partial charge in [0.1, 0.15) is 0 Å². The molecule has 1 aliphatic rings. The van der Waals surface area contributed by atoms with E-state index < -0.39 is 0 Å². The molecule has 0 radical (unpaired) electrons. The summed E-state index contributed by atoms with van der Waals surface area (Å²) in [6.45, 7) is 6.88. The van der Waals surface area contributed by atoms with E-state index in [4.69, 9.17) is 21.1 Å². The van der Waals surface area contributed by atoms with Crippen molar-refractivity contribution in [2.24, 2.45) is 0 Å². The van der Waals surface area contributed by atoms with Crippen LogP contribution in [0.25, 0.3) is 0 Å². The van der Waals surface area contributed by atoms with Crippen molar-refractivity contribution in [2.45, 2.75) is 32.8 Å². The second-order valence-electron chi connectivity index (χ2n) is 4.26. The SMILES string of the molecule is CCOc1nc(Cl)nc(N2CCC(OCC)CC2)n1. The fourth-order valence-corrected chi connectivity index (χ4v) is 2.26. The molecule has 0 bridgehead atoms. The lowest BCUT2D eigenvalue weighted by Gasteiger charge is -2.31. The summed E-state index contributed by atoms with van der Waals surface area (Å²) in [4.78, 5) is 14.5. The molecule has 2 rings (SSSR count). The Morgan fingerprint density at radius 1 is 1.16 bits per heavy atom. The molecule has 1 aromatic rings. The molecule has 0 unspecified atom stereocenters. The Balaban J connectivity index is 2.02. The third-order valence-electron chi connectivity index (χ3n) is 2.98. The predicted molar refractivity (Wildman–Crippen MR) is 72.9 cm³/mol. The first-order valence-corrected chi connectivity index (χ1v) is 7.01. The number of rotatable bonds is 5. The van der Waals surface area contributed by atoms with Gasteiger partial charge in [0.05, 0.1) is 12.7 Å². The number of aromatic nitrogens is 3. The lowest BCUT2D eigenvalue weighted by Crippen LogP contribution is -2.38. The van der Waals surface area contributed by atoms with Crippen molar-refractivity contribution in [3.63, 3.8) is 0 Å². The zero-order valence-corrected chi connectivity index (χ0v) is 12.1. The molecule has 0 aliphatic carbocycles. The van der Waals surface area contributed by atoms with Crippen LogP contribution >= 0.6 is 11.6 Å². The van der Waals surface area contributed by atoms with Crippen LogP contribution < -0.4 is 9.64 Å². The standard InChI is InChI=1S/C12H19ClN4O2/c1-3-18-9-5-7-17(8-6-9)11-14-10(13)15-12(16-11)19-4-2/h9H,3-8H2,1-2H3. The van der Waals surface area contributed by atoms with Crippen molar-refractivity contribution in [1.82, 2.24) is 15.0 Å². The molecule has 1 aromatic heterocycles. The third-order valence-corrected chi connectivity index (χ3v) is 3.15. The lowest BCUT2D eigenvalue weighted by atomic mass is 10.1. The minimum Gasteiger partial charge on any atom is -0.464 e. The molecule has 7 heteroatoms. The van der Waals surface area contributed by atoms with E-state index in [1.807, 2.05) is 13.8 Å². The second-order valence-corrected chi connectivity index (χ2v) is 4.60. The normalized spacial score (nSPS) is 16.7. The fraction of sp³-hybridized carbons (Fsp3) is 0.750. The molecule has 1 fully saturated rings. The summed E-state index contributed by atoms with van der Waals surface area (Å²) in [5, 5.41) is 0.167. The molecule has 19 heavy (non-hydrogen) atoms. The highest BCUT2D eigenvalue weighted by molar-refractivity contribution is 6.28. The van der Waals surface area contributed by atoms with E-state index in [0.717, 1.165) is 32.5 Å². The molecule has 0 amide bonds. The highest BCUT2D eigenvalue weighted by Crippen LogP contribution is 2.20. The molecule has 106 valence electrons. The van der Waals surface area contributed by atoms with Crippen LogP contribution in [0.4, 0.5) is 5.95 Å². The molecule has 2 heterocycles. The van der Waals surface area contributed by atoms with Gasteiger partial charge < -0.3 is 14.4 Å². The largest absolute Gasteiger partial charge is 0.464 e. The van der Waals surface area contributed by atoms with Crippen LogP contribution in [0.5, 0.6) is 6.01 Å². The topological polar surface area (TPSA) is 60.4 Å². The summed E-state index contributed by atoms with van der Waals surface area (Å²) in [5.41, 5.74) is 0. The average molecular weight is 287 g/mol. The van der Waals surface area contributed by atoms with E-state index in [0.29, 0.717) is 18.7 Å². The van der Waals surface area contributed by atoms with Crippen LogP contribution in [-0.2, 0) is 4.74 Å². The minimum absolute atomic E-state index is 0.167. The van der Waals surface area contributed by atoms with Gasteiger partial charge in [-0.1, -0.05) is 0 Å². The van der Waals surface area contributed by atoms with Gasteiger partial charge in [0.25, 0.3) is 0 Å². The molecule has 1 saturated heterocycles. The maximum Gasteiger partial charge on any atom is 0.322 e. The summed E-state index contributed by atoms with van der Waals surface area (Å²) in [5.74, 6) is 0.582. The van der Waals surface area contributed by atoms with E-state index in [1.165, 1.54) is 0 Å². The van der Waals surface area contributed by atoms with Gasteiger partial charge in [-0.05, 0) is 38.3 Å². The van der Waals surface area contributed by atoms with Crippen molar-refractivity contribution in [1.29, 1.82) is 0 Å². The first-order valence-electron chi connectivity index (χ1n) is 6.63. The van der Waals surface area contributed by atoms with Crippen molar-refractivity contribution >= 4 is 17.5 Å². The summed E-state index contributed by atoms with van der Waals surface area (Å²) in [6, 6.07) is 0.282.